The van der Waals surface area contributed by atoms with Crippen molar-refractivity contribution in [1.82, 2.24) is 9.80 Å². The molecule has 0 heterocycles. The van der Waals surface area contributed by atoms with E-state index in [-0.39, 0.29) is 62.7 Å². The average molecular weight is 1310 g/mol. The minimum absolute atomic E-state index is 0. The van der Waals surface area contributed by atoms with E-state index >= 15 is 0 Å². The van der Waals surface area contributed by atoms with Crippen molar-refractivity contribution in [2.45, 2.75) is 503 Å². The van der Waals surface area contributed by atoms with Crippen LogP contribution in [0.25, 0.3) is 0 Å². The van der Waals surface area contributed by atoms with Gasteiger partial charge < -0.3 is 29.6 Å². The SMILES string of the molecule is CCCCCCCCCCCCCCCCCCN(CCCCCCCCCCCCCCCCCC)C(CCC)CC(=O)[O-].CCCCCCCCCCCCCCCCCCN(CCCCCCCCCCCCCCCCCC)C(CCC)CC(=O)[O-].[Ca+2]. The molecule has 7 heteroatoms. The van der Waals surface area contributed by atoms with Crippen LogP contribution in [0.5, 0.6) is 0 Å². The fourth-order valence-electron chi connectivity index (χ4n) is 14.3. The number of carboxylic acid groups (broad SMARTS) is 2. The molecule has 0 aliphatic heterocycles. The molecule has 0 saturated heterocycles. The molecule has 0 spiro atoms. The predicted octanol–water partition coefficient (Wildman–Crippen LogP) is 25.9. The molecule has 0 fully saturated rings. The molecule has 0 radical (unpaired) electrons. The quantitative estimate of drug-likeness (QED) is 0.0445. The molecule has 2 unspecified atom stereocenters. The van der Waals surface area contributed by atoms with Crippen LogP contribution in [0, 0.1) is 0 Å². The standard InChI is InChI=1S/2C42H85NO2.Ca/c2*1-4-7-9-11-13-15-17-19-21-23-25-27-29-31-33-35-38-43(41(37-6-3)40-42(44)45)39-36-34-32-30-28-26-24-22-20-18-16-14-12-10-8-5-2;/h2*41H,4-40H2,1-3H3,(H,44,45);/q;;+2/p-2. The first kappa shape index (κ1) is 95.3. The Balaban J connectivity index is -0.00000168. The summed E-state index contributed by atoms with van der Waals surface area (Å²) < 4.78 is 0. The first-order valence-electron chi connectivity index (χ1n) is 42.2. The summed E-state index contributed by atoms with van der Waals surface area (Å²) in [5.41, 5.74) is 0. The van der Waals surface area contributed by atoms with Crippen LogP contribution in [0.15, 0.2) is 0 Å². The molecular formula is C84H168CaN2O4. The number of hydrogen-bond donors (Lipinski definition) is 0. The van der Waals surface area contributed by atoms with Crippen molar-refractivity contribution in [3.05, 3.63) is 0 Å². The molecule has 540 valence electrons. The molecule has 0 aliphatic rings. The molecule has 2 atom stereocenters. The average Bonchev–Trinajstić information content (AvgIpc) is 3.62. The Bertz CT molecular complexity index is 1160. The van der Waals surface area contributed by atoms with E-state index < -0.39 is 11.9 Å². The summed E-state index contributed by atoms with van der Waals surface area (Å²) in [6, 6.07) is 0.320. The van der Waals surface area contributed by atoms with Crippen LogP contribution < -0.4 is 10.2 Å². The second kappa shape index (κ2) is 84.3. The molecule has 0 aromatic carbocycles. The number of aliphatic carboxylic acids is 2. The summed E-state index contributed by atoms with van der Waals surface area (Å²) in [5.74, 6) is -1.75. The van der Waals surface area contributed by atoms with E-state index in [0.717, 1.165) is 51.9 Å². The van der Waals surface area contributed by atoms with Gasteiger partial charge in [0, 0.05) is 36.9 Å². The summed E-state index contributed by atoms with van der Waals surface area (Å²) in [6.45, 7) is 17.8. The van der Waals surface area contributed by atoms with Gasteiger partial charge in [-0.3, -0.25) is 0 Å². The molecule has 0 amide bonds. The van der Waals surface area contributed by atoms with Gasteiger partial charge in [-0.15, -0.1) is 0 Å². The van der Waals surface area contributed by atoms with Crippen molar-refractivity contribution >= 4 is 49.7 Å². The van der Waals surface area contributed by atoms with E-state index in [9.17, 15) is 19.8 Å². The molecule has 0 rings (SSSR count). The third-order valence-electron chi connectivity index (χ3n) is 20.3. The summed E-state index contributed by atoms with van der Waals surface area (Å²) in [7, 11) is 0. The number of rotatable bonds is 78. The topological polar surface area (TPSA) is 86.7 Å². The Kier molecular flexibility index (Phi) is 88.3. The fraction of sp³-hybridized carbons (Fsp3) is 0.976. The van der Waals surface area contributed by atoms with Crippen LogP contribution in [0.3, 0.4) is 0 Å². The van der Waals surface area contributed by atoms with E-state index in [1.807, 2.05) is 0 Å². The molecule has 0 bridgehead atoms. The van der Waals surface area contributed by atoms with E-state index in [0.29, 0.717) is 0 Å². The maximum atomic E-state index is 11.5. The van der Waals surface area contributed by atoms with Crippen LogP contribution in [0.1, 0.15) is 491 Å². The van der Waals surface area contributed by atoms with Crippen LogP contribution in [0.2, 0.25) is 0 Å². The van der Waals surface area contributed by atoms with Gasteiger partial charge in [0.25, 0.3) is 0 Å². The number of nitrogens with zero attached hydrogens (tertiary/aromatic N) is 2. The predicted molar refractivity (Wildman–Crippen MR) is 404 cm³/mol. The summed E-state index contributed by atoms with van der Waals surface area (Å²) in [4.78, 5) is 28.0. The number of unbranched alkanes of at least 4 members (excludes halogenated alkanes) is 60. The number of carboxylic acids is 2. The molecule has 0 aromatic rings. The van der Waals surface area contributed by atoms with Gasteiger partial charge in [0.05, 0.1) is 0 Å². The minimum Gasteiger partial charge on any atom is -0.550 e. The third kappa shape index (κ3) is 79.0. The minimum atomic E-state index is -0.877. The molecule has 0 aliphatic carbocycles. The van der Waals surface area contributed by atoms with Crippen LogP contribution >= 0.6 is 0 Å². The molecule has 6 nitrogen and oxygen atoms in total. The number of hydrogen-bond acceptors (Lipinski definition) is 6. The largest absolute Gasteiger partial charge is 2.00 e. The summed E-state index contributed by atoms with van der Waals surface area (Å²) >= 11 is 0. The van der Waals surface area contributed by atoms with Gasteiger partial charge in [0.1, 0.15) is 0 Å². The van der Waals surface area contributed by atoms with Gasteiger partial charge in [-0.05, 0) is 64.7 Å². The summed E-state index contributed by atoms with van der Waals surface area (Å²) in [6.07, 6.45) is 93.6. The zero-order chi connectivity index (χ0) is 65.8. The Hall–Kier alpha value is 0.120. The maximum absolute atomic E-state index is 11.5. The molecular weight excluding hydrogens is 1140 g/mol. The van der Waals surface area contributed by atoms with Gasteiger partial charge >= 0.3 is 37.7 Å². The Morgan fingerprint density at radius 1 is 0.209 bits per heavy atom. The van der Waals surface area contributed by atoms with Crippen molar-refractivity contribution in [2.24, 2.45) is 0 Å². The third-order valence-corrected chi connectivity index (χ3v) is 20.3. The van der Waals surface area contributed by atoms with E-state index in [2.05, 4.69) is 51.3 Å². The smallest absolute Gasteiger partial charge is 0.550 e. The Labute approximate surface area is 604 Å². The zero-order valence-corrected chi connectivity index (χ0v) is 65.9. The molecule has 0 aromatic heterocycles. The maximum Gasteiger partial charge on any atom is 2.00 e. The molecule has 91 heavy (non-hydrogen) atoms. The van der Waals surface area contributed by atoms with Gasteiger partial charge in [0.2, 0.25) is 0 Å². The second-order valence-electron chi connectivity index (χ2n) is 29.3. The molecule has 0 saturated carbocycles. The zero-order valence-electron chi connectivity index (χ0n) is 63.7. The summed E-state index contributed by atoms with van der Waals surface area (Å²) in [5, 5.41) is 23.0. The second-order valence-corrected chi connectivity index (χ2v) is 29.3. The van der Waals surface area contributed by atoms with Crippen LogP contribution in [-0.2, 0) is 9.59 Å². The monoisotopic (exact) mass is 1310 g/mol. The van der Waals surface area contributed by atoms with Gasteiger partial charge in [-0.1, -0.05) is 440 Å². The van der Waals surface area contributed by atoms with Crippen molar-refractivity contribution in [3.63, 3.8) is 0 Å². The normalized spacial score (nSPS) is 12.2. The fourth-order valence-corrected chi connectivity index (χ4v) is 14.3. The van der Waals surface area contributed by atoms with E-state index in [4.69, 9.17) is 0 Å². The van der Waals surface area contributed by atoms with E-state index in [1.165, 1.54) is 411 Å². The van der Waals surface area contributed by atoms with E-state index in [1.54, 1.807) is 0 Å². The Morgan fingerprint density at radius 2 is 0.330 bits per heavy atom. The van der Waals surface area contributed by atoms with Crippen molar-refractivity contribution in [2.75, 3.05) is 26.2 Å². The first-order valence-corrected chi connectivity index (χ1v) is 42.2. The number of carbonyl (C=O) groups is 2. The van der Waals surface area contributed by atoms with Crippen molar-refractivity contribution in [1.29, 1.82) is 0 Å². The Morgan fingerprint density at radius 3 is 0.440 bits per heavy atom. The van der Waals surface area contributed by atoms with Crippen molar-refractivity contribution < 1.29 is 19.8 Å². The first-order chi connectivity index (χ1) is 44.3. The van der Waals surface area contributed by atoms with Gasteiger partial charge in [-0.2, -0.15) is 0 Å². The van der Waals surface area contributed by atoms with Crippen molar-refractivity contribution in [3.8, 4) is 0 Å². The number of carbonyl (C=O) groups excluding carboxylic acids is 2. The van der Waals surface area contributed by atoms with Gasteiger partial charge in [-0.25, -0.2) is 0 Å². The van der Waals surface area contributed by atoms with Gasteiger partial charge in [0.15, 0.2) is 0 Å². The molecule has 0 N–H and O–H groups in total. The van der Waals surface area contributed by atoms with Crippen LogP contribution in [-0.4, -0.2) is 97.7 Å². The van der Waals surface area contributed by atoms with Crippen LogP contribution in [0.4, 0.5) is 0 Å².